The fourth-order valence-corrected chi connectivity index (χ4v) is 2.15. The summed E-state index contributed by atoms with van der Waals surface area (Å²) in [5, 5.41) is 10.9. The van der Waals surface area contributed by atoms with Gasteiger partial charge in [-0.3, -0.25) is 0 Å². The van der Waals surface area contributed by atoms with Gasteiger partial charge < -0.3 is 14.2 Å². The molecule has 2 aromatic rings. The van der Waals surface area contributed by atoms with E-state index in [9.17, 15) is 5.11 Å². The maximum atomic E-state index is 9.94. The molecule has 2 rings (SSSR count). The van der Waals surface area contributed by atoms with Crippen LogP contribution in [-0.4, -0.2) is 35.3 Å². The summed E-state index contributed by atoms with van der Waals surface area (Å²) in [5.74, 6) is 0.376. The lowest BCUT2D eigenvalue weighted by Crippen LogP contribution is -2.33. The van der Waals surface area contributed by atoms with E-state index in [0.717, 1.165) is 21.9 Å². The van der Waals surface area contributed by atoms with E-state index in [0.29, 0.717) is 5.75 Å². The number of hydrogen-bond acceptors (Lipinski definition) is 1. The summed E-state index contributed by atoms with van der Waals surface area (Å²) in [6.45, 7) is 0.912. The van der Waals surface area contributed by atoms with Gasteiger partial charge in [0.1, 0.15) is 12.3 Å². The molecule has 3 nitrogen and oxygen atoms in total. The summed E-state index contributed by atoms with van der Waals surface area (Å²) in [5.41, 5.74) is 2.28. The van der Waals surface area contributed by atoms with E-state index >= 15 is 0 Å². The van der Waals surface area contributed by atoms with Gasteiger partial charge in [-0.05, 0) is 12.1 Å². The van der Waals surface area contributed by atoms with Crippen LogP contribution in [0.25, 0.3) is 10.9 Å². The molecule has 0 unspecified atom stereocenters. The van der Waals surface area contributed by atoms with E-state index in [-0.39, 0.29) is 0 Å². The first kappa shape index (κ1) is 11.0. The number of phenolic OH excluding ortho intramolecular Hbond substituents is 1. The fourth-order valence-electron chi connectivity index (χ4n) is 2.15. The van der Waals surface area contributed by atoms with Crippen molar-refractivity contribution in [3.63, 3.8) is 0 Å². The van der Waals surface area contributed by atoms with E-state index in [4.69, 9.17) is 0 Å². The zero-order valence-electron chi connectivity index (χ0n) is 10.4. The lowest BCUT2D eigenvalue weighted by atomic mass is 10.1. The number of aromatic hydroxyl groups is 1. The van der Waals surface area contributed by atoms with Crippen molar-refractivity contribution < 1.29 is 9.59 Å². The van der Waals surface area contributed by atoms with Crippen molar-refractivity contribution in [2.24, 2.45) is 7.05 Å². The summed E-state index contributed by atoms with van der Waals surface area (Å²) in [6.07, 6.45) is 2.11. The Bertz CT molecular complexity index is 520. The smallest absolute Gasteiger partial charge is 0.125 e. The van der Waals surface area contributed by atoms with Gasteiger partial charge in [0.25, 0.3) is 0 Å². The van der Waals surface area contributed by atoms with Crippen molar-refractivity contribution in [3.05, 3.63) is 30.0 Å². The summed E-state index contributed by atoms with van der Waals surface area (Å²) in [7, 11) is 8.47. The third-order valence-corrected chi connectivity index (χ3v) is 2.72. The van der Waals surface area contributed by atoms with Crippen LogP contribution in [-0.2, 0) is 13.6 Å². The van der Waals surface area contributed by atoms with Gasteiger partial charge in [0.15, 0.2) is 0 Å². The van der Waals surface area contributed by atoms with Crippen molar-refractivity contribution in [1.82, 2.24) is 4.57 Å². The largest absolute Gasteiger partial charge is 0.507 e. The minimum atomic E-state index is 0.376. The van der Waals surface area contributed by atoms with Gasteiger partial charge in [-0.2, -0.15) is 0 Å². The molecule has 0 atom stereocenters. The Hall–Kier alpha value is -1.48. The lowest BCUT2D eigenvalue weighted by molar-refractivity contribution is -0.883. The Kier molecular flexibility index (Phi) is 2.43. The van der Waals surface area contributed by atoms with Gasteiger partial charge in [0, 0.05) is 18.8 Å². The van der Waals surface area contributed by atoms with Crippen LogP contribution < -0.4 is 0 Å². The summed E-state index contributed by atoms with van der Waals surface area (Å²) < 4.78 is 2.92. The molecular weight excluding hydrogens is 200 g/mol. The highest BCUT2D eigenvalue weighted by Gasteiger charge is 2.16. The number of hydrogen-bond donors (Lipinski definition) is 1. The zero-order valence-corrected chi connectivity index (χ0v) is 10.4. The number of rotatable bonds is 2. The van der Waals surface area contributed by atoms with Crippen molar-refractivity contribution in [2.75, 3.05) is 21.1 Å². The van der Waals surface area contributed by atoms with Crippen LogP contribution in [0.4, 0.5) is 0 Å². The first-order valence-electron chi connectivity index (χ1n) is 5.45. The molecular formula is C13H19N2O+. The lowest BCUT2D eigenvalue weighted by Gasteiger charge is -2.23. The first-order chi connectivity index (χ1) is 7.38. The molecule has 86 valence electrons. The second-order valence-electron chi connectivity index (χ2n) is 5.38. The van der Waals surface area contributed by atoms with Gasteiger partial charge in [-0.25, -0.2) is 0 Å². The van der Waals surface area contributed by atoms with Gasteiger partial charge in [-0.1, -0.05) is 6.07 Å². The average Bonchev–Trinajstić information content (AvgIpc) is 2.42. The van der Waals surface area contributed by atoms with E-state index in [1.807, 2.05) is 19.2 Å². The van der Waals surface area contributed by atoms with Gasteiger partial charge in [0.2, 0.25) is 0 Å². The van der Waals surface area contributed by atoms with Crippen molar-refractivity contribution in [3.8, 4) is 5.75 Å². The minimum absolute atomic E-state index is 0.376. The highest BCUT2D eigenvalue weighted by molar-refractivity contribution is 5.89. The molecule has 0 amide bonds. The zero-order chi connectivity index (χ0) is 11.9. The topological polar surface area (TPSA) is 25.2 Å². The third-order valence-electron chi connectivity index (χ3n) is 2.72. The quantitative estimate of drug-likeness (QED) is 0.769. The molecule has 0 radical (unpaired) electrons. The highest BCUT2D eigenvalue weighted by atomic mass is 16.3. The molecule has 1 aromatic carbocycles. The minimum Gasteiger partial charge on any atom is -0.507 e. The molecule has 1 N–H and O–H groups in total. The van der Waals surface area contributed by atoms with Gasteiger partial charge in [0.05, 0.1) is 32.0 Å². The van der Waals surface area contributed by atoms with Crippen LogP contribution in [0.15, 0.2) is 24.4 Å². The molecule has 0 fully saturated rings. The average molecular weight is 219 g/mol. The maximum Gasteiger partial charge on any atom is 0.125 e. The van der Waals surface area contributed by atoms with Crippen LogP contribution in [0.5, 0.6) is 5.75 Å². The molecule has 1 heterocycles. The molecule has 3 heteroatoms. The molecule has 0 saturated carbocycles. The predicted molar refractivity (Wildman–Crippen MR) is 66.3 cm³/mol. The number of aromatic nitrogens is 1. The SMILES string of the molecule is Cn1cc(C[N+](C)(C)C)c2c(O)cccc21. The molecule has 0 aliphatic heterocycles. The van der Waals surface area contributed by atoms with Gasteiger partial charge >= 0.3 is 0 Å². The molecule has 0 aliphatic rings. The number of fused-ring (bicyclic) bond motifs is 1. The second kappa shape index (κ2) is 3.52. The molecule has 0 saturated heterocycles. The molecule has 0 aliphatic carbocycles. The van der Waals surface area contributed by atoms with E-state index in [1.165, 1.54) is 5.56 Å². The van der Waals surface area contributed by atoms with E-state index in [2.05, 4.69) is 31.9 Å². The van der Waals surface area contributed by atoms with E-state index < -0.39 is 0 Å². The van der Waals surface area contributed by atoms with Gasteiger partial charge in [-0.15, -0.1) is 0 Å². The van der Waals surface area contributed by atoms with Crippen LogP contribution in [0.3, 0.4) is 0 Å². The number of aryl methyl sites for hydroxylation is 1. The van der Waals surface area contributed by atoms with Crippen LogP contribution in [0, 0.1) is 0 Å². The second-order valence-corrected chi connectivity index (χ2v) is 5.38. The molecule has 0 spiro atoms. The van der Waals surface area contributed by atoms with E-state index in [1.54, 1.807) is 6.07 Å². The number of phenols is 1. The predicted octanol–water partition coefficient (Wildman–Crippen LogP) is 2.09. The number of nitrogens with zero attached hydrogens (tertiary/aromatic N) is 2. The fraction of sp³-hybridized carbons (Fsp3) is 0.385. The van der Waals surface area contributed by atoms with Crippen LogP contribution in [0.1, 0.15) is 5.56 Å². The molecule has 16 heavy (non-hydrogen) atoms. The third kappa shape index (κ3) is 1.91. The Morgan fingerprint density at radius 2 is 1.94 bits per heavy atom. The van der Waals surface area contributed by atoms with Crippen LogP contribution in [0.2, 0.25) is 0 Å². The summed E-state index contributed by atoms with van der Waals surface area (Å²) in [6, 6.07) is 5.67. The highest BCUT2D eigenvalue weighted by Crippen LogP contribution is 2.30. The monoisotopic (exact) mass is 219 g/mol. The Morgan fingerprint density at radius 3 is 2.56 bits per heavy atom. The summed E-state index contributed by atoms with van der Waals surface area (Å²) in [4.78, 5) is 0. The van der Waals surface area contributed by atoms with Crippen molar-refractivity contribution in [2.45, 2.75) is 6.54 Å². The first-order valence-corrected chi connectivity index (χ1v) is 5.45. The van der Waals surface area contributed by atoms with Crippen molar-refractivity contribution >= 4 is 10.9 Å². The maximum absolute atomic E-state index is 9.94. The van der Waals surface area contributed by atoms with Crippen molar-refractivity contribution in [1.29, 1.82) is 0 Å². The standard InChI is InChI=1S/C13H18N2O/c1-14-8-10(9-15(2,3)4)13-11(14)6-5-7-12(13)16/h5-8H,9H2,1-4H3/p+1. The Morgan fingerprint density at radius 1 is 1.25 bits per heavy atom. The Balaban J connectivity index is 2.62. The number of benzene rings is 1. The molecule has 1 aromatic heterocycles. The van der Waals surface area contributed by atoms with Crippen LogP contribution >= 0.6 is 0 Å². The normalized spacial score (nSPS) is 12.2. The Labute approximate surface area is 96.1 Å². The number of quaternary nitrogens is 1. The summed E-state index contributed by atoms with van der Waals surface area (Å²) >= 11 is 0. The molecule has 0 bridgehead atoms.